The van der Waals surface area contributed by atoms with Gasteiger partial charge in [0.2, 0.25) is 10.0 Å². The highest BCUT2D eigenvalue weighted by Crippen LogP contribution is 2.20. The first-order valence-corrected chi connectivity index (χ1v) is 8.86. The van der Waals surface area contributed by atoms with E-state index >= 15 is 0 Å². The molecule has 0 saturated heterocycles. The van der Waals surface area contributed by atoms with Crippen LogP contribution >= 0.6 is 0 Å². The van der Waals surface area contributed by atoms with E-state index in [1.165, 1.54) is 26.2 Å². The SMILES string of the molecule is COc1cccc(OCC(=O)Nc2cccc(S(=O)(=O)N(C)C)c2)c1. The molecule has 25 heavy (non-hydrogen) atoms. The summed E-state index contributed by atoms with van der Waals surface area (Å²) >= 11 is 0. The molecule has 2 rings (SSSR count). The molecule has 0 spiro atoms. The Labute approximate surface area is 147 Å². The van der Waals surface area contributed by atoms with E-state index in [1.807, 2.05) is 0 Å². The van der Waals surface area contributed by atoms with E-state index in [0.29, 0.717) is 17.2 Å². The summed E-state index contributed by atoms with van der Waals surface area (Å²) in [6.45, 7) is -0.210. The summed E-state index contributed by atoms with van der Waals surface area (Å²) in [5.41, 5.74) is 0.377. The zero-order valence-electron chi connectivity index (χ0n) is 14.2. The second kappa shape index (κ2) is 8.00. The molecule has 0 bridgehead atoms. The van der Waals surface area contributed by atoms with Crippen LogP contribution in [0.3, 0.4) is 0 Å². The standard InChI is InChI=1S/C17H20N2O5S/c1-19(2)25(21,22)16-9-4-6-13(10-16)18-17(20)12-24-15-8-5-7-14(11-15)23-3/h4-11H,12H2,1-3H3,(H,18,20). The van der Waals surface area contributed by atoms with Crippen LogP contribution in [0.5, 0.6) is 11.5 Å². The van der Waals surface area contributed by atoms with Gasteiger partial charge in [-0.25, -0.2) is 12.7 Å². The van der Waals surface area contributed by atoms with E-state index in [-0.39, 0.29) is 11.5 Å². The van der Waals surface area contributed by atoms with Crippen molar-refractivity contribution in [2.24, 2.45) is 0 Å². The molecule has 8 heteroatoms. The van der Waals surface area contributed by atoms with Crippen LogP contribution < -0.4 is 14.8 Å². The number of amides is 1. The van der Waals surface area contributed by atoms with E-state index in [4.69, 9.17) is 9.47 Å². The van der Waals surface area contributed by atoms with Crippen LogP contribution in [0.15, 0.2) is 53.4 Å². The summed E-state index contributed by atoms with van der Waals surface area (Å²) in [6, 6.07) is 12.9. The fourth-order valence-corrected chi connectivity index (χ4v) is 2.93. The Balaban J connectivity index is 2.01. The monoisotopic (exact) mass is 364 g/mol. The molecule has 134 valence electrons. The van der Waals surface area contributed by atoms with Gasteiger partial charge in [-0.15, -0.1) is 0 Å². The van der Waals surface area contributed by atoms with Crippen LogP contribution in [0.1, 0.15) is 0 Å². The summed E-state index contributed by atoms with van der Waals surface area (Å²) in [5.74, 6) is 0.722. The second-order valence-electron chi connectivity index (χ2n) is 5.33. The Hall–Kier alpha value is -2.58. The van der Waals surface area contributed by atoms with Crippen molar-refractivity contribution in [2.75, 3.05) is 33.1 Å². The maximum absolute atomic E-state index is 12.1. The van der Waals surface area contributed by atoms with Gasteiger partial charge in [0.15, 0.2) is 6.61 Å². The van der Waals surface area contributed by atoms with E-state index in [2.05, 4.69) is 5.32 Å². The van der Waals surface area contributed by atoms with Gasteiger partial charge in [-0.3, -0.25) is 4.79 Å². The first-order chi connectivity index (χ1) is 11.8. The average Bonchev–Trinajstić information content (AvgIpc) is 2.60. The lowest BCUT2D eigenvalue weighted by Gasteiger charge is -2.13. The van der Waals surface area contributed by atoms with Crippen molar-refractivity contribution in [3.8, 4) is 11.5 Å². The number of nitrogens with one attached hydrogen (secondary N) is 1. The molecular formula is C17H20N2O5S. The van der Waals surface area contributed by atoms with Crippen molar-refractivity contribution >= 4 is 21.6 Å². The summed E-state index contributed by atoms with van der Waals surface area (Å²) in [5, 5.41) is 2.61. The fraction of sp³-hybridized carbons (Fsp3) is 0.235. The average molecular weight is 364 g/mol. The topological polar surface area (TPSA) is 84.9 Å². The summed E-state index contributed by atoms with van der Waals surface area (Å²) in [4.78, 5) is 12.1. The Kier molecular flexibility index (Phi) is 6.00. The summed E-state index contributed by atoms with van der Waals surface area (Å²) in [7, 11) is 0.875. The number of carbonyl (C=O) groups excluding carboxylic acids is 1. The number of ether oxygens (including phenoxy) is 2. The number of carbonyl (C=O) groups is 1. The number of methoxy groups -OCH3 is 1. The molecule has 0 saturated carbocycles. The fourth-order valence-electron chi connectivity index (χ4n) is 1.98. The third kappa shape index (κ3) is 4.94. The smallest absolute Gasteiger partial charge is 0.262 e. The predicted molar refractivity (Wildman–Crippen MR) is 94.4 cm³/mol. The molecule has 0 aliphatic heterocycles. The van der Waals surface area contributed by atoms with Gasteiger partial charge >= 0.3 is 0 Å². The minimum atomic E-state index is -3.56. The highest BCUT2D eigenvalue weighted by molar-refractivity contribution is 7.89. The Morgan fingerprint density at radius 2 is 1.76 bits per heavy atom. The van der Waals surface area contributed by atoms with Crippen molar-refractivity contribution in [2.45, 2.75) is 4.90 Å². The molecule has 0 atom stereocenters. The van der Waals surface area contributed by atoms with Gasteiger partial charge in [-0.05, 0) is 30.3 Å². The lowest BCUT2D eigenvalue weighted by molar-refractivity contribution is -0.118. The minimum absolute atomic E-state index is 0.101. The largest absolute Gasteiger partial charge is 0.497 e. The molecular weight excluding hydrogens is 344 g/mol. The quantitative estimate of drug-likeness (QED) is 0.812. The van der Waals surface area contributed by atoms with Crippen LogP contribution in [0.4, 0.5) is 5.69 Å². The van der Waals surface area contributed by atoms with Crippen LogP contribution in [0.25, 0.3) is 0 Å². The van der Waals surface area contributed by atoms with E-state index in [1.54, 1.807) is 43.5 Å². The normalized spacial score (nSPS) is 11.2. The van der Waals surface area contributed by atoms with Crippen LogP contribution in [-0.2, 0) is 14.8 Å². The molecule has 0 fully saturated rings. The van der Waals surface area contributed by atoms with Gasteiger partial charge in [0.25, 0.3) is 5.91 Å². The number of benzene rings is 2. The van der Waals surface area contributed by atoms with Crippen molar-refractivity contribution in [1.82, 2.24) is 4.31 Å². The van der Waals surface area contributed by atoms with Gasteiger partial charge in [0, 0.05) is 25.8 Å². The molecule has 0 aliphatic carbocycles. The van der Waals surface area contributed by atoms with Crippen molar-refractivity contribution < 1.29 is 22.7 Å². The predicted octanol–water partition coefficient (Wildman–Crippen LogP) is 1.96. The van der Waals surface area contributed by atoms with Crippen molar-refractivity contribution in [1.29, 1.82) is 0 Å². The van der Waals surface area contributed by atoms with E-state index in [0.717, 1.165) is 4.31 Å². The number of nitrogens with zero attached hydrogens (tertiary/aromatic N) is 1. The Bertz CT molecular complexity index is 850. The molecule has 0 heterocycles. The molecule has 0 unspecified atom stereocenters. The minimum Gasteiger partial charge on any atom is -0.497 e. The number of hydrogen-bond donors (Lipinski definition) is 1. The highest BCUT2D eigenvalue weighted by atomic mass is 32.2. The molecule has 7 nitrogen and oxygen atoms in total. The van der Waals surface area contributed by atoms with Crippen LogP contribution in [0.2, 0.25) is 0 Å². The van der Waals surface area contributed by atoms with Crippen molar-refractivity contribution in [3.63, 3.8) is 0 Å². The molecule has 1 amide bonds. The lowest BCUT2D eigenvalue weighted by Crippen LogP contribution is -2.23. The van der Waals surface area contributed by atoms with E-state index in [9.17, 15) is 13.2 Å². The highest BCUT2D eigenvalue weighted by Gasteiger charge is 2.17. The second-order valence-corrected chi connectivity index (χ2v) is 7.48. The number of sulfonamides is 1. The maximum Gasteiger partial charge on any atom is 0.262 e. The first kappa shape index (κ1) is 18.8. The van der Waals surface area contributed by atoms with E-state index < -0.39 is 15.9 Å². The van der Waals surface area contributed by atoms with Crippen LogP contribution in [0, 0.1) is 0 Å². The van der Waals surface area contributed by atoms with Gasteiger partial charge in [-0.2, -0.15) is 0 Å². The third-order valence-corrected chi connectivity index (χ3v) is 5.12. The lowest BCUT2D eigenvalue weighted by atomic mass is 10.3. The van der Waals surface area contributed by atoms with Crippen molar-refractivity contribution in [3.05, 3.63) is 48.5 Å². The van der Waals surface area contributed by atoms with Gasteiger partial charge in [0.1, 0.15) is 11.5 Å². The van der Waals surface area contributed by atoms with Crippen LogP contribution in [-0.4, -0.2) is 46.4 Å². The number of hydrogen-bond acceptors (Lipinski definition) is 5. The molecule has 0 aromatic heterocycles. The molecule has 1 N–H and O–H groups in total. The van der Waals surface area contributed by atoms with Gasteiger partial charge < -0.3 is 14.8 Å². The number of anilines is 1. The molecule has 2 aromatic carbocycles. The summed E-state index contributed by atoms with van der Waals surface area (Å²) in [6.07, 6.45) is 0. The van der Waals surface area contributed by atoms with Gasteiger partial charge in [-0.1, -0.05) is 12.1 Å². The molecule has 2 aromatic rings. The first-order valence-electron chi connectivity index (χ1n) is 7.42. The summed E-state index contributed by atoms with van der Waals surface area (Å²) < 4.78 is 35.8. The molecule has 0 radical (unpaired) electrons. The third-order valence-electron chi connectivity index (χ3n) is 3.31. The molecule has 0 aliphatic rings. The zero-order valence-corrected chi connectivity index (χ0v) is 15.0. The Morgan fingerprint density at radius 1 is 1.08 bits per heavy atom. The zero-order chi connectivity index (χ0) is 18.4. The number of rotatable bonds is 7. The maximum atomic E-state index is 12.1. The van der Waals surface area contributed by atoms with Gasteiger partial charge in [0.05, 0.1) is 12.0 Å². The Morgan fingerprint density at radius 3 is 2.44 bits per heavy atom.